The van der Waals surface area contributed by atoms with Gasteiger partial charge in [-0.2, -0.15) is 0 Å². The molecule has 5 heteroatoms. The molecule has 1 aliphatic heterocycles. The van der Waals surface area contributed by atoms with Crippen LogP contribution in [0, 0.1) is 0 Å². The number of aromatic nitrogens is 2. The van der Waals surface area contributed by atoms with E-state index in [0.717, 1.165) is 24.5 Å². The highest BCUT2D eigenvalue weighted by Crippen LogP contribution is 2.46. The minimum absolute atomic E-state index is 0.682. The molecular weight excluding hydrogens is 244 g/mol. The normalized spacial score (nSPS) is 13.1. The first-order chi connectivity index (χ1) is 8.90. The summed E-state index contributed by atoms with van der Waals surface area (Å²) in [6.45, 7) is 1.56. The topological polar surface area (TPSA) is 55.0 Å². The predicted octanol–water partition coefficient (Wildman–Crippen LogP) is 2.43. The molecule has 3 rings (SSSR count). The molecule has 0 saturated heterocycles. The van der Waals surface area contributed by atoms with Crippen LogP contribution in [0.25, 0.3) is 0 Å². The van der Waals surface area contributed by atoms with Gasteiger partial charge in [0.1, 0.15) is 5.82 Å². The van der Waals surface area contributed by atoms with Crippen LogP contribution in [-0.2, 0) is 0 Å². The first kappa shape index (κ1) is 11.5. The van der Waals surface area contributed by atoms with Crippen molar-refractivity contribution < 1.29 is 0 Å². The Morgan fingerprint density at radius 3 is 3.06 bits per heavy atom. The summed E-state index contributed by atoms with van der Waals surface area (Å²) >= 11 is 1.74. The molecule has 2 aromatic rings. The standard InChI is InChI=1S/C13H14N4S/c14-5-2-8-17-10-9-15-7-4-11(10)18-12-3-1-6-16-13(12)17/h1,3-4,6-7,9H,2,5,8,14H2. The van der Waals surface area contributed by atoms with E-state index in [2.05, 4.69) is 20.9 Å². The quantitative estimate of drug-likeness (QED) is 0.916. The molecule has 3 heterocycles. The molecular formula is C13H14N4S. The Bertz CT molecular complexity index is 513. The largest absolute Gasteiger partial charge is 0.330 e. The lowest BCUT2D eigenvalue weighted by atomic mass is 10.3. The fourth-order valence-corrected chi connectivity index (χ4v) is 3.07. The number of nitrogens with zero attached hydrogens (tertiary/aromatic N) is 3. The van der Waals surface area contributed by atoms with Crippen molar-refractivity contribution >= 4 is 23.3 Å². The first-order valence-corrected chi connectivity index (χ1v) is 6.76. The van der Waals surface area contributed by atoms with Crippen molar-refractivity contribution in [1.29, 1.82) is 0 Å². The third-order valence-electron chi connectivity index (χ3n) is 2.86. The maximum atomic E-state index is 5.62. The average Bonchev–Trinajstić information content (AvgIpc) is 2.43. The molecule has 0 atom stereocenters. The highest BCUT2D eigenvalue weighted by atomic mass is 32.2. The highest BCUT2D eigenvalue weighted by molar-refractivity contribution is 7.99. The maximum Gasteiger partial charge on any atom is 0.147 e. The van der Waals surface area contributed by atoms with E-state index >= 15 is 0 Å². The SMILES string of the molecule is NCCCN1c2cnccc2Sc2cccnc21. The lowest BCUT2D eigenvalue weighted by Gasteiger charge is -2.30. The second-order valence-electron chi connectivity index (χ2n) is 4.06. The fraction of sp³-hybridized carbons (Fsp3) is 0.231. The smallest absolute Gasteiger partial charge is 0.147 e. The third-order valence-corrected chi connectivity index (χ3v) is 3.97. The van der Waals surface area contributed by atoms with Gasteiger partial charge in [0.25, 0.3) is 0 Å². The Balaban J connectivity index is 2.05. The number of hydrogen-bond donors (Lipinski definition) is 1. The van der Waals surface area contributed by atoms with Crippen LogP contribution in [0.1, 0.15) is 6.42 Å². The van der Waals surface area contributed by atoms with E-state index in [0.29, 0.717) is 6.54 Å². The van der Waals surface area contributed by atoms with Gasteiger partial charge >= 0.3 is 0 Å². The van der Waals surface area contributed by atoms with Crippen LogP contribution in [0.15, 0.2) is 46.6 Å². The van der Waals surface area contributed by atoms with Gasteiger partial charge in [0.15, 0.2) is 0 Å². The number of rotatable bonds is 3. The van der Waals surface area contributed by atoms with E-state index in [4.69, 9.17) is 5.73 Å². The van der Waals surface area contributed by atoms with Crippen LogP contribution in [-0.4, -0.2) is 23.1 Å². The summed E-state index contributed by atoms with van der Waals surface area (Å²) in [5, 5.41) is 0. The summed E-state index contributed by atoms with van der Waals surface area (Å²) in [4.78, 5) is 13.3. The molecule has 0 radical (unpaired) electrons. The van der Waals surface area contributed by atoms with Crippen molar-refractivity contribution in [1.82, 2.24) is 9.97 Å². The van der Waals surface area contributed by atoms with Crippen LogP contribution < -0.4 is 10.6 Å². The Morgan fingerprint density at radius 1 is 1.22 bits per heavy atom. The number of pyridine rings is 2. The third kappa shape index (κ3) is 1.95. The van der Waals surface area contributed by atoms with Gasteiger partial charge in [0.2, 0.25) is 0 Å². The van der Waals surface area contributed by atoms with Gasteiger partial charge in [-0.1, -0.05) is 11.8 Å². The Morgan fingerprint density at radius 2 is 2.17 bits per heavy atom. The van der Waals surface area contributed by atoms with Gasteiger partial charge in [-0.3, -0.25) is 4.98 Å². The fourth-order valence-electron chi connectivity index (χ4n) is 2.04. The van der Waals surface area contributed by atoms with Gasteiger partial charge in [-0.05, 0) is 31.2 Å². The van der Waals surface area contributed by atoms with Crippen LogP contribution in [0.5, 0.6) is 0 Å². The van der Waals surface area contributed by atoms with Gasteiger partial charge < -0.3 is 10.6 Å². The van der Waals surface area contributed by atoms with E-state index in [1.54, 1.807) is 11.8 Å². The zero-order chi connectivity index (χ0) is 12.4. The molecule has 0 amide bonds. The zero-order valence-electron chi connectivity index (χ0n) is 9.91. The van der Waals surface area contributed by atoms with E-state index < -0.39 is 0 Å². The highest BCUT2D eigenvalue weighted by Gasteiger charge is 2.23. The summed E-state index contributed by atoms with van der Waals surface area (Å²) in [6, 6.07) is 6.12. The minimum Gasteiger partial charge on any atom is -0.330 e. The first-order valence-electron chi connectivity index (χ1n) is 5.94. The number of nitrogens with two attached hydrogens (primary N) is 1. The summed E-state index contributed by atoms with van der Waals surface area (Å²) in [5.74, 6) is 1.01. The van der Waals surface area contributed by atoms with Crippen molar-refractivity contribution in [3.63, 3.8) is 0 Å². The molecule has 0 saturated carbocycles. The van der Waals surface area contributed by atoms with Crippen molar-refractivity contribution in [2.75, 3.05) is 18.0 Å². The second-order valence-corrected chi connectivity index (χ2v) is 5.15. The van der Waals surface area contributed by atoms with Gasteiger partial charge in [-0.25, -0.2) is 4.98 Å². The lowest BCUT2D eigenvalue weighted by Crippen LogP contribution is -2.24. The maximum absolute atomic E-state index is 5.62. The van der Waals surface area contributed by atoms with Gasteiger partial charge in [0, 0.05) is 23.8 Å². The number of hydrogen-bond acceptors (Lipinski definition) is 5. The molecule has 0 unspecified atom stereocenters. The van der Waals surface area contributed by atoms with Crippen molar-refractivity contribution in [3.8, 4) is 0 Å². The summed E-state index contributed by atoms with van der Waals surface area (Å²) in [5.41, 5.74) is 6.74. The minimum atomic E-state index is 0.682. The van der Waals surface area contributed by atoms with E-state index in [1.165, 1.54) is 9.79 Å². The molecule has 1 aliphatic rings. The second kappa shape index (κ2) is 4.96. The van der Waals surface area contributed by atoms with Crippen LogP contribution in [0.4, 0.5) is 11.5 Å². The summed E-state index contributed by atoms with van der Waals surface area (Å²) in [7, 11) is 0. The summed E-state index contributed by atoms with van der Waals surface area (Å²) in [6.07, 6.45) is 6.50. The van der Waals surface area contributed by atoms with Crippen LogP contribution >= 0.6 is 11.8 Å². The predicted molar refractivity (Wildman–Crippen MR) is 73.3 cm³/mol. The van der Waals surface area contributed by atoms with Crippen LogP contribution in [0.2, 0.25) is 0 Å². The van der Waals surface area contributed by atoms with Gasteiger partial charge in [0.05, 0.1) is 16.8 Å². The Hall–Kier alpha value is -1.59. The molecule has 0 fully saturated rings. The number of fused-ring (bicyclic) bond motifs is 2. The van der Waals surface area contributed by atoms with Crippen LogP contribution in [0.3, 0.4) is 0 Å². The molecule has 18 heavy (non-hydrogen) atoms. The van der Waals surface area contributed by atoms with E-state index in [9.17, 15) is 0 Å². The van der Waals surface area contributed by atoms with Gasteiger partial charge in [-0.15, -0.1) is 0 Å². The average molecular weight is 258 g/mol. The van der Waals surface area contributed by atoms with E-state index in [1.807, 2.05) is 30.7 Å². The van der Waals surface area contributed by atoms with Crippen molar-refractivity contribution in [2.45, 2.75) is 16.2 Å². The molecule has 2 aromatic heterocycles. The molecule has 92 valence electrons. The summed E-state index contributed by atoms with van der Waals surface area (Å²) < 4.78 is 0. The lowest BCUT2D eigenvalue weighted by molar-refractivity contribution is 0.795. The molecule has 0 aromatic carbocycles. The van der Waals surface area contributed by atoms with Crippen molar-refractivity contribution in [2.24, 2.45) is 5.73 Å². The van der Waals surface area contributed by atoms with E-state index in [-0.39, 0.29) is 0 Å². The van der Waals surface area contributed by atoms with Crippen molar-refractivity contribution in [3.05, 3.63) is 36.8 Å². The Kier molecular flexibility index (Phi) is 3.17. The molecule has 0 aliphatic carbocycles. The monoisotopic (exact) mass is 258 g/mol. The molecule has 0 bridgehead atoms. The molecule has 4 nitrogen and oxygen atoms in total. The number of anilines is 2. The zero-order valence-corrected chi connectivity index (χ0v) is 10.7. The molecule has 2 N–H and O–H groups in total. The Labute approximate surface area is 110 Å². The molecule has 0 spiro atoms.